The van der Waals surface area contributed by atoms with Gasteiger partial charge in [-0.05, 0) is 64.7 Å². The van der Waals surface area contributed by atoms with Crippen molar-refractivity contribution in [3.05, 3.63) is 146 Å². The van der Waals surface area contributed by atoms with E-state index in [-0.39, 0.29) is 0 Å². The molecule has 0 N–H and O–H groups in total. The van der Waals surface area contributed by atoms with Crippen LogP contribution in [0.1, 0.15) is 0 Å². The van der Waals surface area contributed by atoms with Gasteiger partial charge in [0.05, 0.1) is 33.1 Å². The van der Waals surface area contributed by atoms with Crippen LogP contribution in [0, 0.1) is 0 Å². The molecule has 0 fully saturated rings. The summed E-state index contributed by atoms with van der Waals surface area (Å²) in [6.07, 6.45) is 0. The molecule has 4 heterocycles. The summed E-state index contributed by atoms with van der Waals surface area (Å²) in [4.78, 5) is 0. The van der Waals surface area contributed by atoms with Crippen molar-refractivity contribution in [2.75, 3.05) is 0 Å². The van der Waals surface area contributed by atoms with Gasteiger partial charge in [-0.15, -0.1) is 0 Å². The van der Waals surface area contributed by atoms with Gasteiger partial charge in [0.25, 0.3) is 0 Å². The first-order chi connectivity index (χ1) is 21.8. The molecule has 202 valence electrons. The van der Waals surface area contributed by atoms with Gasteiger partial charge in [-0.3, -0.25) is 0 Å². The van der Waals surface area contributed by atoms with E-state index in [1.807, 2.05) is 0 Å². The van der Waals surface area contributed by atoms with Crippen LogP contribution in [0.4, 0.5) is 0 Å². The predicted octanol–water partition coefficient (Wildman–Crippen LogP) is 11.3. The molecule has 0 aliphatic rings. The Morgan fingerprint density at radius 2 is 0.750 bits per heavy atom. The second-order valence-electron chi connectivity index (χ2n) is 12.2. The van der Waals surface area contributed by atoms with E-state index >= 15 is 0 Å². The number of benzene rings is 7. The molecule has 2 heteroatoms. The Balaban J connectivity index is 1.22. The summed E-state index contributed by atoms with van der Waals surface area (Å²) >= 11 is 0. The maximum atomic E-state index is 2.49. The van der Waals surface area contributed by atoms with Crippen LogP contribution in [0.25, 0.3) is 98.4 Å². The molecule has 2 nitrogen and oxygen atoms in total. The first kappa shape index (κ1) is 22.7. The van der Waals surface area contributed by atoms with E-state index in [1.165, 1.54) is 98.4 Å². The molecule has 11 rings (SSSR count). The zero-order valence-electron chi connectivity index (χ0n) is 23.8. The Hall–Kier alpha value is -5.86. The number of rotatable bonds is 2. The van der Waals surface area contributed by atoms with E-state index in [0.29, 0.717) is 0 Å². The van der Waals surface area contributed by atoms with E-state index in [4.69, 9.17) is 0 Å². The van der Waals surface area contributed by atoms with Gasteiger partial charge in [-0.1, -0.05) is 103 Å². The smallest absolute Gasteiger partial charge is 0.0620 e. The molecule has 0 aliphatic heterocycles. The molecule has 0 bridgehead atoms. The van der Waals surface area contributed by atoms with Gasteiger partial charge in [0.2, 0.25) is 0 Å². The molecule has 0 radical (unpaired) electrons. The van der Waals surface area contributed by atoms with Gasteiger partial charge in [0.1, 0.15) is 0 Å². The van der Waals surface area contributed by atoms with Crippen LogP contribution in [0.5, 0.6) is 0 Å². The number of hydrogen-bond acceptors (Lipinski definition) is 0. The summed E-state index contributed by atoms with van der Waals surface area (Å²) in [5.41, 5.74) is 12.7. The molecule has 11 aromatic rings. The second-order valence-corrected chi connectivity index (χ2v) is 12.2. The third kappa shape index (κ3) is 2.72. The van der Waals surface area contributed by atoms with Crippen molar-refractivity contribution in [3.8, 4) is 22.3 Å². The second kappa shape index (κ2) is 7.94. The van der Waals surface area contributed by atoms with Gasteiger partial charge in [-0.25, -0.2) is 0 Å². The first-order valence-electron chi connectivity index (χ1n) is 15.3. The summed E-state index contributed by atoms with van der Waals surface area (Å²) in [5.74, 6) is 0. The topological polar surface area (TPSA) is 8.82 Å². The zero-order valence-corrected chi connectivity index (χ0v) is 23.8. The maximum Gasteiger partial charge on any atom is 0.0620 e. The van der Waals surface area contributed by atoms with Crippen molar-refractivity contribution in [2.24, 2.45) is 0 Å². The molecule has 0 saturated heterocycles. The highest BCUT2D eigenvalue weighted by Gasteiger charge is 2.21. The van der Waals surface area contributed by atoms with Crippen molar-refractivity contribution in [1.29, 1.82) is 0 Å². The van der Waals surface area contributed by atoms with Crippen LogP contribution in [0.3, 0.4) is 0 Å². The molecule has 7 aromatic carbocycles. The highest BCUT2D eigenvalue weighted by molar-refractivity contribution is 6.26. The lowest BCUT2D eigenvalue weighted by atomic mass is 9.98. The van der Waals surface area contributed by atoms with Crippen molar-refractivity contribution in [2.45, 2.75) is 0 Å². The minimum atomic E-state index is 1.24. The van der Waals surface area contributed by atoms with Gasteiger partial charge < -0.3 is 8.80 Å². The van der Waals surface area contributed by atoms with E-state index in [9.17, 15) is 0 Å². The fraction of sp³-hybridized carbons (Fsp3) is 0. The van der Waals surface area contributed by atoms with E-state index < -0.39 is 0 Å². The highest BCUT2D eigenvalue weighted by Crippen LogP contribution is 2.44. The Labute approximate surface area is 252 Å². The monoisotopic (exact) mass is 556 g/mol. The van der Waals surface area contributed by atoms with Crippen LogP contribution in [-0.4, -0.2) is 8.80 Å². The predicted molar refractivity (Wildman–Crippen MR) is 187 cm³/mol. The van der Waals surface area contributed by atoms with Gasteiger partial charge in [0, 0.05) is 43.1 Å². The lowest BCUT2D eigenvalue weighted by Gasteiger charge is -2.06. The third-order valence-corrected chi connectivity index (χ3v) is 9.96. The normalized spacial score (nSPS) is 12.5. The molecular weight excluding hydrogens is 532 g/mol. The minimum Gasteiger partial charge on any atom is -0.308 e. The van der Waals surface area contributed by atoms with Crippen LogP contribution < -0.4 is 0 Å². The van der Waals surface area contributed by atoms with Crippen LogP contribution in [0.15, 0.2) is 146 Å². The summed E-state index contributed by atoms with van der Waals surface area (Å²) < 4.78 is 4.94. The summed E-state index contributed by atoms with van der Waals surface area (Å²) in [7, 11) is 0. The van der Waals surface area contributed by atoms with Crippen LogP contribution >= 0.6 is 0 Å². The first-order valence-corrected chi connectivity index (χ1v) is 15.3. The average molecular weight is 557 g/mol. The van der Waals surface area contributed by atoms with Gasteiger partial charge in [-0.2, -0.15) is 0 Å². The maximum absolute atomic E-state index is 2.49. The van der Waals surface area contributed by atoms with E-state index in [0.717, 1.165) is 0 Å². The molecule has 4 aromatic heterocycles. The Morgan fingerprint density at radius 1 is 0.250 bits per heavy atom. The Morgan fingerprint density at radius 3 is 1.50 bits per heavy atom. The lowest BCUT2D eigenvalue weighted by Crippen LogP contribution is -1.84. The van der Waals surface area contributed by atoms with Gasteiger partial charge >= 0.3 is 0 Å². The standard InChI is InChI=1S/C42H24N2/c1-2-9-25(10-3-1)26-18-20-39-34(21-26)33-14-8-13-32-31-19-17-27(24-40(31)44(39)41(32)33)28-22-35-29-11-4-6-15-37(29)43-38-16-7-5-12-30(38)36(23-28)42(35)43/h1-24H. The number of aromatic nitrogens is 2. The van der Waals surface area contributed by atoms with Crippen molar-refractivity contribution < 1.29 is 0 Å². The largest absolute Gasteiger partial charge is 0.308 e. The lowest BCUT2D eigenvalue weighted by molar-refractivity contribution is 1.37. The van der Waals surface area contributed by atoms with E-state index in [1.54, 1.807) is 0 Å². The molecular formula is C42H24N2. The van der Waals surface area contributed by atoms with Gasteiger partial charge in [0.15, 0.2) is 0 Å². The molecule has 0 saturated carbocycles. The molecule has 44 heavy (non-hydrogen) atoms. The summed E-state index contributed by atoms with van der Waals surface area (Å²) in [6.45, 7) is 0. The number of hydrogen-bond donors (Lipinski definition) is 0. The van der Waals surface area contributed by atoms with Crippen LogP contribution in [0.2, 0.25) is 0 Å². The molecule has 0 unspecified atom stereocenters. The fourth-order valence-electron chi connectivity index (χ4n) is 8.09. The SMILES string of the molecule is c1ccc(-c2ccc3c(c2)c2cccc4c5ccc(-c6cc7c8ccccc8n8c9ccccc9c(c6)c78)cc5n3c24)cc1. The summed E-state index contributed by atoms with van der Waals surface area (Å²) in [6, 6.07) is 53.9. The summed E-state index contributed by atoms with van der Waals surface area (Å²) in [5, 5.41) is 10.5. The number of fused-ring (bicyclic) bond motifs is 12. The van der Waals surface area contributed by atoms with Crippen molar-refractivity contribution in [1.82, 2.24) is 8.80 Å². The minimum absolute atomic E-state index is 1.24. The highest BCUT2D eigenvalue weighted by atomic mass is 14.9. The fourth-order valence-corrected chi connectivity index (χ4v) is 8.09. The van der Waals surface area contributed by atoms with E-state index in [2.05, 4.69) is 154 Å². The molecule has 0 spiro atoms. The van der Waals surface area contributed by atoms with Crippen LogP contribution in [-0.2, 0) is 0 Å². The van der Waals surface area contributed by atoms with Crippen molar-refractivity contribution >= 4 is 76.2 Å². The molecule has 0 aliphatic carbocycles. The molecule has 0 atom stereocenters. The zero-order chi connectivity index (χ0) is 28.5. The Kier molecular flexibility index (Phi) is 4.10. The van der Waals surface area contributed by atoms with Crippen molar-refractivity contribution in [3.63, 3.8) is 0 Å². The number of para-hydroxylation sites is 3. The quantitative estimate of drug-likeness (QED) is 0.200. The average Bonchev–Trinajstić information content (AvgIpc) is 3.81. The molecule has 0 amide bonds. The number of nitrogens with zero attached hydrogens (tertiary/aromatic N) is 2. The third-order valence-electron chi connectivity index (χ3n) is 9.96. The Bertz CT molecular complexity index is 2840.